The van der Waals surface area contributed by atoms with E-state index in [1.54, 1.807) is 0 Å². The molecule has 2 unspecified atom stereocenters. The van der Waals surface area contributed by atoms with Crippen molar-refractivity contribution in [3.63, 3.8) is 0 Å². The van der Waals surface area contributed by atoms with Crippen LogP contribution >= 0.6 is 0 Å². The zero-order valence-corrected chi connectivity index (χ0v) is 17.0. The van der Waals surface area contributed by atoms with Crippen molar-refractivity contribution in [3.05, 3.63) is 0 Å². The zero-order valence-electron chi connectivity index (χ0n) is 17.0. The fourth-order valence-corrected chi connectivity index (χ4v) is 3.49. The highest BCUT2D eigenvalue weighted by Gasteiger charge is 2.26. The van der Waals surface area contributed by atoms with Crippen LogP contribution in [0.4, 0.5) is 0 Å². The summed E-state index contributed by atoms with van der Waals surface area (Å²) in [7, 11) is 0. The molecule has 148 valence electrons. The molecule has 0 aromatic carbocycles. The second-order valence-electron chi connectivity index (χ2n) is 7.27. The number of nitrogens with zero attached hydrogens (tertiary/aromatic N) is 2. The van der Waals surface area contributed by atoms with Gasteiger partial charge in [0, 0.05) is 44.9 Å². The molecule has 1 rings (SSSR count). The monoisotopic (exact) mass is 356 g/mol. The number of rotatable bonds is 10. The molecular formula is C19H40N4O2. The molecule has 0 radical (unpaired) electrons. The molecular weight excluding hydrogens is 316 g/mol. The van der Waals surface area contributed by atoms with Crippen LogP contribution < -0.4 is 10.6 Å². The Morgan fingerprint density at radius 1 is 1.32 bits per heavy atom. The van der Waals surface area contributed by atoms with Crippen molar-refractivity contribution >= 4 is 5.96 Å². The van der Waals surface area contributed by atoms with E-state index in [-0.39, 0.29) is 12.0 Å². The average Bonchev–Trinajstić information content (AvgIpc) is 2.63. The van der Waals surface area contributed by atoms with Gasteiger partial charge in [0.15, 0.2) is 5.96 Å². The summed E-state index contributed by atoms with van der Waals surface area (Å²) in [5, 5.41) is 16.2. The molecule has 1 aliphatic heterocycles. The minimum absolute atomic E-state index is 0.0987. The highest BCUT2D eigenvalue weighted by Crippen LogP contribution is 2.30. The van der Waals surface area contributed by atoms with E-state index in [9.17, 15) is 5.11 Å². The molecule has 0 aromatic rings. The van der Waals surface area contributed by atoms with Gasteiger partial charge < -0.3 is 20.5 Å². The third-order valence-electron chi connectivity index (χ3n) is 5.61. The van der Waals surface area contributed by atoms with Crippen molar-refractivity contribution < 1.29 is 9.84 Å². The molecule has 1 aliphatic rings. The van der Waals surface area contributed by atoms with Gasteiger partial charge in [0.2, 0.25) is 0 Å². The maximum Gasteiger partial charge on any atom is 0.191 e. The molecule has 0 aromatic heterocycles. The van der Waals surface area contributed by atoms with Gasteiger partial charge >= 0.3 is 0 Å². The van der Waals surface area contributed by atoms with Crippen LogP contribution in [0.25, 0.3) is 0 Å². The second kappa shape index (κ2) is 11.7. The van der Waals surface area contributed by atoms with Gasteiger partial charge in [-0.1, -0.05) is 13.8 Å². The molecule has 2 atom stereocenters. The Kier molecular flexibility index (Phi) is 10.4. The fourth-order valence-electron chi connectivity index (χ4n) is 3.49. The minimum atomic E-state index is 0.0987. The van der Waals surface area contributed by atoms with Crippen LogP contribution in [0.5, 0.6) is 0 Å². The van der Waals surface area contributed by atoms with E-state index < -0.39 is 0 Å². The third kappa shape index (κ3) is 7.12. The summed E-state index contributed by atoms with van der Waals surface area (Å²) < 4.78 is 5.53. The number of hydrogen-bond donors (Lipinski definition) is 3. The Morgan fingerprint density at radius 2 is 2.04 bits per heavy atom. The maximum atomic E-state index is 9.38. The first-order chi connectivity index (χ1) is 12.0. The van der Waals surface area contributed by atoms with E-state index in [1.165, 1.54) is 0 Å². The average molecular weight is 357 g/mol. The Bertz CT molecular complexity index is 386. The second-order valence-corrected chi connectivity index (χ2v) is 7.27. The van der Waals surface area contributed by atoms with Gasteiger partial charge in [-0.05, 0) is 45.4 Å². The highest BCUT2D eigenvalue weighted by atomic mass is 16.5. The van der Waals surface area contributed by atoms with Gasteiger partial charge in [0.05, 0.1) is 13.2 Å². The molecule has 0 aliphatic carbocycles. The first-order valence-electron chi connectivity index (χ1n) is 9.98. The lowest BCUT2D eigenvalue weighted by atomic mass is 9.79. The number of aliphatic hydroxyl groups excluding tert-OH is 1. The maximum absolute atomic E-state index is 9.38. The van der Waals surface area contributed by atoms with Crippen LogP contribution in [0.2, 0.25) is 0 Å². The molecule has 0 saturated carbocycles. The van der Waals surface area contributed by atoms with Crippen molar-refractivity contribution in [1.82, 2.24) is 15.5 Å². The summed E-state index contributed by atoms with van der Waals surface area (Å²) in [6.45, 7) is 16.3. The van der Waals surface area contributed by atoms with Gasteiger partial charge in [-0.15, -0.1) is 0 Å². The van der Waals surface area contributed by atoms with E-state index in [0.717, 1.165) is 64.6 Å². The SMILES string of the molecule is CCNC(=NCC(CC)(CC)CCO)NCC(C)N1CCOCC1C. The standard InChI is InChI=1S/C19H40N4O2/c1-6-19(7-2,9-11-24)15-22-18(20-8-3)21-13-16(4)23-10-12-25-14-17(23)5/h16-17,24H,6-15H2,1-5H3,(H2,20,21,22). The fraction of sp³-hybridized carbons (Fsp3) is 0.947. The molecule has 3 N–H and O–H groups in total. The normalized spacial score (nSPS) is 21.2. The molecule has 1 fully saturated rings. The molecule has 0 spiro atoms. The van der Waals surface area contributed by atoms with Crippen molar-refractivity contribution in [2.24, 2.45) is 10.4 Å². The summed E-state index contributed by atoms with van der Waals surface area (Å²) in [5.41, 5.74) is 0.0987. The lowest BCUT2D eigenvalue weighted by molar-refractivity contribution is -0.0174. The predicted molar refractivity (Wildman–Crippen MR) is 105 cm³/mol. The molecule has 0 amide bonds. The summed E-state index contributed by atoms with van der Waals surface area (Å²) in [6, 6.07) is 0.893. The Hall–Kier alpha value is -0.850. The van der Waals surface area contributed by atoms with Crippen molar-refractivity contribution in [2.45, 2.75) is 66.0 Å². The summed E-state index contributed by atoms with van der Waals surface area (Å²) >= 11 is 0. The molecule has 25 heavy (non-hydrogen) atoms. The highest BCUT2D eigenvalue weighted by molar-refractivity contribution is 5.79. The molecule has 0 bridgehead atoms. The molecule has 1 heterocycles. The van der Waals surface area contributed by atoms with E-state index in [1.807, 2.05) is 0 Å². The first-order valence-corrected chi connectivity index (χ1v) is 9.98. The molecule has 6 nitrogen and oxygen atoms in total. The number of morpholine rings is 1. The Morgan fingerprint density at radius 3 is 2.60 bits per heavy atom. The van der Waals surface area contributed by atoms with Gasteiger partial charge in [-0.2, -0.15) is 0 Å². The molecule has 6 heteroatoms. The van der Waals surface area contributed by atoms with E-state index in [0.29, 0.717) is 12.1 Å². The Labute approximate surface area is 154 Å². The number of guanidine groups is 1. The topological polar surface area (TPSA) is 69.1 Å². The van der Waals surface area contributed by atoms with E-state index >= 15 is 0 Å². The number of aliphatic imine (C=N–C) groups is 1. The number of aliphatic hydroxyl groups is 1. The number of nitrogens with one attached hydrogen (secondary N) is 2. The van der Waals surface area contributed by atoms with Crippen LogP contribution in [0.3, 0.4) is 0 Å². The number of ether oxygens (including phenoxy) is 1. The Balaban J connectivity index is 2.62. The quantitative estimate of drug-likeness (QED) is 0.412. The third-order valence-corrected chi connectivity index (χ3v) is 5.61. The van der Waals surface area contributed by atoms with Crippen molar-refractivity contribution in [3.8, 4) is 0 Å². The van der Waals surface area contributed by atoms with Crippen LogP contribution in [0.1, 0.15) is 53.9 Å². The largest absolute Gasteiger partial charge is 0.396 e. The van der Waals surface area contributed by atoms with Crippen LogP contribution in [-0.4, -0.2) is 74.0 Å². The van der Waals surface area contributed by atoms with Crippen molar-refractivity contribution in [2.75, 3.05) is 46.0 Å². The van der Waals surface area contributed by atoms with Crippen LogP contribution in [0.15, 0.2) is 4.99 Å². The van der Waals surface area contributed by atoms with Crippen molar-refractivity contribution in [1.29, 1.82) is 0 Å². The zero-order chi connectivity index (χ0) is 18.7. The van der Waals surface area contributed by atoms with Gasteiger partial charge in [0.25, 0.3) is 0 Å². The molecule has 1 saturated heterocycles. The summed E-state index contributed by atoms with van der Waals surface area (Å²) in [6.07, 6.45) is 2.88. The van der Waals surface area contributed by atoms with Gasteiger partial charge in [-0.25, -0.2) is 0 Å². The van der Waals surface area contributed by atoms with Gasteiger partial charge in [0.1, 0.15) is 0 Å². The van der Waals surface area contributed by atoms with Crippen LogP contribution in [0, 0.1) is 5.41 Å². The van der Waals surface area contributed by atoms with Gasteiger partial charge in [-0.3, -0.25) is 9.89 Å². The first kappa shape index (κ1) is 22.2. The van der Waals surface area contributed by atoms with E-state index in [2.05, 4.69) is 50.2 Å². The lowest BCUT2D eigenvalue weighted by Crippen LogP contribution is -2.53. The summed E-state index contributed by atoms with van der Waals surface area (Å²) in [4.78, 5) is 7.32. The smallest absolute Gasteiger partial charge is 0.191 e. The van der Waals surface area contributed by atoms with Crippen LogP contribution in [-0.2, 0) is 4.74 Å². The summed E-state index contributed by atoms with van der Waals surface area (Å²) in [5.74, 6) is 0.875. The number of hydrogen-bond acceptors (Lipinski definition) is 4. The minimum Gasteiger partial charge on any atom is -0.396 e. The predicted octanol–water partition coefficient (Wildman–Crippen LogP) is 1.84. The van der Waals surface area contributed by atoms with E-state index in [4.69, 9.17) is 9.73 Å². The lowest BCUT2D eigenvalue weighted by Gasteiger charge is -2.38.